The quantitative estimate of drug-likeness (QED) is 0.498. The number of pyridine rings is 2. The van der Waals surface area contributed by atoms with E-state index >= 15 is 0 Å². The van der Waals surface area contributed by atoms with E-state index in [1.807, 2.05) is 37.3 Å². The number of carbonyl (C=O) groups is 2. The Morgan fingerprint density at radius 1 is 1.19 bits per heavy atom. The fourth-order valence-corrected chi connectivity index (χ4v) is 3.49. The van der Waals surface area contributed by atoms with Crippen LogP contribution in [0.4, 0.5) is 0 Å². The van der Waals surface area contributed by atoms with Crippen LogP contribution in [-0.2, 0) is 22.4 Å². The Labute approximate surface area is 181 Å². The number of hydrogen-bond acceptors (Lipinski definition) is 5. The van der Waals surface area contributed by atoms with Crippen molar-refractivity contribution in [2.24, 2.45) is 0 Å². The van der Waals surface area contributed by atoms with E-state index in [4.69, 9.17) is 0 Å². The van der Waals surface area contributed by atoms with Crippen molar-refractivity contribution in [1.82, 2.24) is 20.2 Å². The van der Waals surface area contributed by atoms with E-state index in [-0.39, 0.29) is 17.5 Å². The number of H-pyrrole nitrogens is 1. The molecule has 0 bridgehead atoms. The number of allylic oxidation sites excluding steroid dienone is 1. The molecule has 1 saturated carbocycles. The maximum absolute atomic E-state index is 12.7. The van der Waals surface area contributed by atoms with Gasteiger partial charge in [0.2, 0.25) is 0 Å². The Morgan fingerprint density at radius 2 is 2.03 bits per heavy atom. The highest BCUT2D eigenvalue weighted by Crippen LogP contribution is 2.39. The maximum Gasteiger partial charge on any atom is 0.155 e. The third-order valence-corrected chi connectivity index (χ3v) is 5.76. The lowest BCUT2D eigenvalue weighted by Gasteiger charge is -2.11. The molecule has 3 aromatic heterocycles. The van der Waals surface area contributed by atoms with Crippen molar-refractivity contribution in [3.05, 3.63) is 78.0 Å². The number of aromatic nitrogens is 4. The van der Waals surface area contributed by atoms with Gasteiger partial charge in [0.1, 0.15) is 5.78 Å². The normalized spacial score (nSPS) is 14.2. The van der Waals surface area contributed by atoms with Crippen LogP contribution in [0.3, 0.4) is 0 Å². The number of nitrogens with one attached hydrogen (secondary N) is 1. The fourth-order valence-electron chi connectivity index (χ4n) is 3.49. The Morgan fingerprint density at radius 3 is 2.68 bits per heavy atom. The molecular formula is C25H26N4O2. The summed E-state index contributed by atoms with van der Waals surface area (Å²) in [6.07, 6.45) is 8.61. The molecule has 1 aliphatic rings. The minimum absolute atomic E-state index is 0.0164. The van der Waals surface area contributed by atoms with Gasteiger partial charge in [-0.1, -0.05) is 19.6 Å². The molecule has 0 spiro atoms. The van der Waals surface area contributed by atoms with Gasteiger partial charge in [-0.3, -0.25) is 24.7 Å². The van der Waals surface area contributed by atoms with E-state index < -0.39 is 0 Å². The topological polar surface area (TPSA) is 88.6 Å². The SMILES string of the molecule is C=CC(=O)CCc1ccc(-c2ccc(C(C)C(=O)Cc3cc(C4CC4)n[nH]3)cn2)cn1. The summed E-state index contributed by atoms with van der Waals surface area (Å²) in [7, 11) is 0. The van der Waals surface area contributed by atoms with E-state index in [9.17, 15) is 9.59 Å². The molecule has 0 radical (unpaired) electrons. The second-order valence-corrected chi connectivity index (χ2v) is 8.14. The first-order valence-corrected chi connectivity index (χ1v) is 10.7. The number of aromatic amines is 1. The van der Waals surface area contributed by atoms with Crippen molar-refractivity contribution in [2.45, 2.75) is 50.9 Å². The van der Waals surface area contributed by atoms with Gasteiger partial charge < -0.3 is 0 Å². The fraction of sp³-hybridized carbons (Fsp3) is 0.320. The summed E-state index contributed by atoms with van der Waals surface area (Å²) >= 11 is 0. The molecule has 4 rings (SSSR count). The zero-order valence-corrected chi connectivity index (χ0v) is 17.7. The van der Waals surface area contributed by atoms with E-state index in [0.29, 0.717) is 25.2 Å². The third kappa shape index (κ3) is 5.20. The van der Waals surface area contributed by atoms with Crippen molar-refractivity contribution in [2.75, 3.05) is 0 Å². The van der Waals surface area contributed by atoms with Crippen molar-refractivity contribution >= 4 is 11.6 Å². The highest BCUT2D eigenvalue weighted by Gasteiger charge is 2.26. The van der Waals surface area contributed by atoms with Gasteiger partial charge >= 0.3 is 0 Å². The molecule has 1 aliphatic carbocycles. The number of nitrogens with zero attached hydrogens (tertiary/aromatic N) is 3. The summed E-state index contributed by atoms with van der Waals surface area (Å²) in [5.41, 5.74) is 5.40. The van der Waals surface area contributed by atoms with Crippen LogP contribution in [0.2, 0.25) is 0 Å². The number of ketones is 2. The van der Waals surface area contributed by atoms with Crippen LogP contribution in [0, 0.1) is 0 Å². The minimum Gasteiger partial charge on any atom is -0.299 e. The summed E-state index contributed by atoms with van der Waals surface area (Å²) in [5, 5.41) is 7.32. The van der Waals surface area contributed by atoms with E-state index in [1.54, 1.807) is 12.4 Å². The van der Waals surface area contributed by atoms with E-state index in [2.05, 4.69) is 26.7 Å². The molecule has 6 heteroatoms. The van der Waals surface area contributed by atoms with Gasteiger partial charge in [0.15, 0.2) is 5.78 Å². The van der Waals surface area contributed by atoms with Gasteiger partial charge in [0, 0.05) is 54.0 Å². The highest BCUT2D eigenvalue weighted by molar-refractivity contribution is 5.89. The van der Waals surface area contributed by atoms with Gasteiger partial charge in [-0.2, -0.15) is 5.10 Å². The molecule has 0 saturated heterocycles. The first-order chi connectivity index (χ1) is 15.0. The second kappa shape index (κ2) is 9.16. The lowest BCUT2D eigenvalue weighted by Crippen LogP contribution is -2.12. The summed E-state index contributed by atoms with van der Waals surface area (Å²) in [6.45, 7) is 5.40. The van der Waals surface area contributed by atoms with Crippen LogP contribution in [0.25, 0.3) is 11.3 Å². The monoisotopic (exact) mass is 414 g/mol. The Balaban J connectivity index is 1.36. The second-order valence-electron chi connectivity index (χ2n) is 8.14. The van der Waals surface area contributed by atoms with E-state index in [1.165, 1.54) is 18.9 Å². The predicted octanol–water partition coefficient (Wildman–Crippen LogP) is 4.35. The summed E-state index contributed by atoms with van der Waals surface area (Å²) in [4.78, 5) is 33.0. The standard InChI is InChI=1S/C25H26N4O2/c1-3-22(30)10-9-20-8-6-19(15-26-20)23-11-7-18(14-27-23)16(2)25(31)13-21-12-24(29-28-21)17-4-5-17/h3,6-8,11-12,14-17H,1,4-5,9-10,13H2,2H3,(H,28,29). The third-order valence-electron chi connectivity index (χ3n) is 5.76. The molecule has 6 nitrogen and oxygen atoms in total. The molecule has 3 heterocycles. The van der Waals surface area contributed by atoms with Crippen molar-refractivity contribution < 1.29 is 9.59 Å². The molecule has 1 fully saturated rings. The molecular weight excluding hydrogens is 388 g/mol. The molecule has 0 amide bonds. The number of rotatable bonds is 10. The Kier molecular flexibility index (Phi) is 6.16. The number of hydrogen-bond donors (Lipinski definition) is 1. The smallest absolute Gasteiger partial charge is 0.155 e. The van der Waals surface area contributed by atoms with Crippen LogP contribution >= 0.6 is 0 Å². The minimum atomic E-state index is -0.239. The van der Waals surface area contributed by atoms with Crippen LogP contribution in [0.15, 0.2) is 55.4 Å². The van der Waals surface area contributed by atoms with Gasteiger partial charge in [-0.25, -0.2) is 0 Å². The average Bonchev–Trinajstić information content (AvgIpc) is 3.56. The van der Waals surface area contributed by atoms with Crippen molar-refractivity contribution in [3.8, 4) is 11.3 Å². The molecule has 1 unspecified atom stereocenters. The van der Waals surface area contributed by atoms with Crippen molar-refractivity contribution in [1.29, 1.82) is 0 Å². The summed E-state index contributed by atoms with van der Waals surface area (Å²) in [6, 6.07) is 9.75. The van der Waals surface area contributed by atoms with Crippen LogP contribution < -0.4 is 0 Å². The maximum atomic E-state index is 12.7. The number of aryl methyl sites for hydroxylation is 1. The number of Topliss-reactive ketones (excluding diaryl/α,β-unsaturated/α-hetero) is 1. The van der Waals surface area contributed by atoms with Crippen LogP contribution in [0.5, 0.6) is 0 Å². The largest absolute Gasteiger partial charge is 0.299 e. The lowest BCUT2D eigenvalue weighted by atomic mass is 9.95. The first kappa shape index (κ1) is 20.8. The first-order valence-electron chi connectivity index (χ1n) is 10.7. The molecule has 3 aromatic rings. The van der Waals surface area contributed by atoms with Gasteiger partial charge in [-0.15, -0.1) is 0 Å². The van der Waals surface area contributed by atoms with Crippen LogP contribution in [0.1, 0.15) is 60.7 Å². The lowest BCUT2D eigenvalue weighted by molar-refractivity contribution is -0.119. The average molecular weight is 415 g/mol. The Hall–Kier alpha value is -3.41. The van der Waals surface area contributed by atoms with Gasteiger partial charge in [0.05, 0.1) is 11.4 Å². The zero-order chi connectivity index (χ0) is 21.8. The van der Waals surface area contributed by atoms with E-state index in [0.717, 1.165) is 33.9 Å². The van der Waals surface area contributed by atoms with Crippen molar-refractivity contribution in [3.63, 3.8) is 0 Å². The molecule has 0 aromatic carbocycles. The predicted molar refractivity (Wildman–Crippen MR) is 119 cm³/mol. The molecule has 1 atom stereocenters. The summed E-state index contributed by atoms with van der Waals surface area (Å²) in [5.74, 6) is 0.493. The Bertz CT molecular complexity index is 1080. The number of carbonyl (C=O) groups excluding carboxylic acids is 2. The molecule has 158 valence electrons. The molecule has 0 aliphatic heterocycles. The molecule has 1 N–H and O–H groups in total. The highest BCUT2D eigenvalue weighted by atomic mass is 16.1. The zero-order valence-electron chi connectivity index (χ0n) is 17.7. The van der Waals surface area contributed by atoms with Gasteiger partial charge in [0.25, 0.3) is 0 Å². The summed E-state index contributed by atoms with van der Waals surface area (Å²) < 4.78 is 0. The molecule has 31 heavy (non-hydrogen) atoms. The van der Waals surface area contributed by atoms with Gasteiger partial charge in [-0.05, 0) is 55.2 Å². The van der Waals surface area contributed by atoms with Crippen LogP contribution in [-0.4, -0.2) is 31.7 Å².